The van der Waals surface area contributed by atoms with Crippen molar-refractivity contribution >= 4 is 5.97 Å². The van der Waals surface area contributed by atoms with Crippen LogP contribution in [0.15, 0.2) is 18.2 Å². The molecule has 1 aromatic rings. The Morgan fingerprint density at radius 3 is 2.59 bits per heavy atom. The standard InChI is InChI=1S/C16H20F3NO2/c1-22-16(21)9-13-3-2-12(8-14(13)17)11-4-6-20(7-5-11)10-15(18)19/h2-3,8,11,15H,4-7,9-10H2,1H3. The summed E-state index contributed by atoms with van der Waals surface area (Å²) in [5.74, 6) is -0.722. The second-order valence-corrected chi connectivity index (χ2v) is 5.57. The zero-order valence-corrected chi connectivity index (χ0v) is 12.5. The van der Waals surface area contributed by atoms with Crippen molar-refractivity contribution in [2.75, 3.05) is 26.7 Å². The molecule has 0 radical (unpaired) electrons. The van der Waals surface area contributed by atoms with E-state index in [0.717, 1.165) is 18.4 Å². The van der Waals surface area contributed by atoms with Gasteiger partial charge in [0.05, 0.1) is 20.1 Å². The maximum atomic E-state index is 14.0. The first kappa shape index (κ1) is 16.8. The number of carbonyl (C=O) groups excluding carboxylic acids is 1. The van der Waals surface area contributed by atoms with E-state index >= 15 is 0 Å². The smallest absolute Gasteiger partial charge is 0.310 e. The molecule has 1 fully saturated rings. The monoisotopic (exact) mass is 315 g/mol. The van der Waals surface area contributed by atoms with Crippen LogP contribution in [0.25, 0.3) is 0 Å². The predicted molar refractivity (Wildman–Crippen MR) is 76.5 cm³/mol. The van der Waals surface area contributed by atoms with Gasteiger partial charge in [-0.15, -0.1) is 0 Å². The van der Waals surface area contributed by atoms with Crippen molar-refractivity contribution < 1.29 is 22.7 Å². The van der Waals surface area contributed by atoms with Gasteiger partial charge in [0, 0.05) is 0 Å². The molecule has 0 aliphatic carbocycles. The molecular formula is C16H20F3NO2. The molecule has 0 amide bonds. The summed E-state index contributed by atoms with van der Waals surface area (Å²) in [5, 5.41) is 0. The highest BCUT2D eigenvalue weighted by atomic mass is 19.3. The summed E-state index contributed by atoms with van der Waals surface area (Å²) in [4.78, 5) is 12.9. The Labute approximate surface area is 128 Å². The van der Waals surface area contributed by atoms with E-state index in [1.165, 1.54) is 13.2 Å². The maximum absolute atomic E-state index is 14.0. The molecule has 1 aromatic carbocycles. The first-order valence-corrected chi connectivity index (χ1v) is 7.35. The Bertz CT molecular complexity index is 514. The van der Waals surface area contributed by atoms with E-state index in [2.05, 4.69) is 4.74 Å². The Hall–Kier alpha value is -1.56. The minimum absolute atomic E-state index is 0.0879. The second-order valence-electron chi connectivity index (χ2n) is 5.57. The number of ether oxygens (including phenoxy) is 1. The van der Waals surface area contributed by atoms with E-state index in [9.17, 15) is 18.0 Å². The average Bonchev–Trinajstić information content (AvgIpc) is 2.49. The van der Waals surface area contributed by atoms with Crippen molar-refractivity contribution in [1.82, 2.24) is 4.90 Å². The summed E-state index contributed by atoms with van der Waals surface area (Å²) in [5.41, 5.74) is 1.17. The summed E-state index contributed by atoms with van der Waals surface area (Å²) in [6.07, 6.45) is -0.924. The minimum Gasteiger partial charge on any atom is -0.469 e. The first-order chi connectivity index (χ1) is 10.5. The number of nitrogens with zero attached hydrogens (tertiary/aromatic N) is 1. The van der Waals surface area contributed by atoms with Crippen LogP contribution < -0.4 is 0 Å². The van der Waals surface area contributed by atoms with Crippen LogP contribution >= 0.6 is 0 Å². The van der Waals surface area contributed by atoms with Gasteiger partial charge in [0.15, 0.2) is 0 Å². The van der Waals surface area contributed by atoms with Crippen molar-refractivity contribution in [3.63, 3.8) is 0 Å². The first-order valence-electron chi connectivity index (χ1n) is 7.35. The zero-order valence-electron chi connectivity index (χ0n) is 12.5. The molecule has 0 unspecified atom stereocenters. The molecule has 22 heavy (non-hydrogen) atoms. The molecule has 0 atom stereocenters. The van der Waals surface area contributed by atoms with Crippen LogP contribution in [0.4, 0.5) is 13.2 Å². The molecule has 1 saturated heterocycles. The number of carbonyl (C=O) groups is 1. The van der Waals surface area contributed by atoms with E-state index in [1.54, 1.807) is 11.0 Å². The second kappa shape index (κ2) is 7.63. The molecule has 1 aliphatic heterocycles. The molecule has 0 saturated carbocycles. The number of piperidine rings is 1. The number of alkyl halides is 2. The lowest BCUT2D eigenvalue weighted by molar-refractivity contribution is -0.139. The zero-order chi connectivity index (χ0) is 16.1. The Balaban J connectivity index is 1.96. The molecule has 2 rings (SSSR count). The average molecular weight is 315 g/mol. The van der Waals surface area contributed by atoms with Crippen LogP contribution in [0, 0.1) is 5.82 Å². The maximum Gasteiger partial charge on any atom is 0.310 e. The highest BCUT2D eigenvalue weighted by molar-refractivity contribution is 5.72. The molecule has 6 heteroatoms. The van der Waals surface area contributed by atoms with Crippen LogP contribution in [0.2, 0.25) is 0 Å². The van der Waals surface area contributed by atoms with Crippen LogP contribution in [-0.2, 0) is 16.0 Å². The summed E-state index contributed by atoms with van der Waals surface area (Å²) < 4.78 is 43.2. The molecule has 1 heterocycles. The highest BCUT2D eigenvalue weighted by Gasteiger charge is 2.23. The Morgan fingerprint density at radius 1 is 1.36 bits per heavy atom. The fourth-order valence-corrected chi connectivity index (χ4v) is 2.83. The van der Waals surface area contributed by atoms with Gasteiger partial charge in [0.25, 0.3) is 6.43 Å². The fraction of sp³-hybridized carbons (Fsp3) is 0.562. The third-order valence-corrected chi connectivity index (χ3v) is 4.09. The van der Waals surface area contributed by atoms with Gasteiger partial charge in [-0.1, -0.05) is 12.1 Å². The lowest BCUT2D eigenvalue weighted by Gasteiger charge is -2.32. The Morgan fingerprint density at radius 2 is 2.05 bits per heavy atom. The summed E-state index contributed by atoms with van der Waals surface area (Å²) >= 11 is 0. The van der Waals surface area contributed by atoms with Gasteiger partial charge < -0.3 is 4.74 Å². The number of hydrogen-bond acceptors (Lipinski definition) is 3. The normalized spacial score (nSPS) is 17.0. The molecule has 122 valence electrons. The van der Waals surface area contributed by atoms with E-state index in [1.807, 2.05) is 6.07 Å². The number of esters is 1. The van der Waals surface area contributed by atoms with Crippen molar-refractivity contribution in [2.24, 2.45) is 0 Å². The van der Waals surface area contributed by atoms with Crippen LogP contribution in [0.5, 0.6) is 0 Å². The number of benzene rings is 1. The molecular weight excluding hydrogens is 295 g/mol. The number of likely N-dealkylation sites (tertiary alicyclic amines) is 1. The van der Waals surface area contributed by atoms with Gasteiger partial charge in [-0.05, 0) is 49.0 Å². The summed E-state index contributed by atoms with van der Waals surface area (Å²) in [7, 11) is 1.27. The molecule has 0 aromatic heterocycles. The largest absolute Gasteiger partial charge is 0.469 e. The lowest BCUT2D eigenvalue weighted by Crippen LogP contribution is -2.36. The summed E-state index contributed by atoms with van der Waals surface area (Å²) in [6.45, 7) is 1.00. The van der Waals surface area contributed by atoms with Crippen LogP contribution in [0.1, 0.15) is 29.9 Å². The number of methoxy groups -OCH3 is 1. The van der Waals surface area contributed by atoms with Gasteiger partial charge in [-0.2, -0.15) is 0 Å². The number of halogens is 3. The summed E-state index contributed by atoms with van der Waals surface area (Å²) in [6, 6.07) is 4.87. The minimum atomic E-state index is -2.31. The molecule has 1 aliphatic rings. The van der Waals surface area contributed by atoms with E-state index in [-0.39, 0.29) is 18.9 Å². The third kappa shape index (κ3) is 4.47. The molecule has 0 bridgehead atoms. The number of rotatable bonds is 5. The van der Waals surface area contributed by atoms with Crippen LogP contribution in [-0.4, -0.2) is 44.0 Å². The van der Waals surface area contributed by atoms with Crippen molar-refractivity contribution in [1.29, 1.82) is 0 Å². The lowest BCUT2D eigenvalue weighted by atomic mass is 9.88. The van der Waals surface area contributed by atoms with E-state index in [0.29, 0.717) is 18.7 Å². The number of hydrogen-bond donors (Lipinski definition) is 0. The van der Waals surface area contributed by atoms with Gasteiger partial charge in [0.2, 0.25) is 0 Å². The Kier molecular flexibility index (Phi) is 5.83. The van der Waals surface area contributed by atoms with Gasteiger partial charge in [0.1, 0.15) is 5.82 Å². The molecule has 0 N–H and O–H groups in total. The molecule has 3 nitrogen and oxygen atoms in total. The van der Waals surface area contributed by atoms with E-state index < -0.39 is 18.2 Å². The predicted octanol–water partition coefficient (Wildman–Crippen LogP) is 2.99. The third-order valence-electron chi connectivity index (χ3n) is 4.09. The molecule has 0 spiro atoms. The quantitative estimate of drug-likeness (QED) is 0.782. The van der Waals surface area contributed by atoms with Gasteiger partial charge in [-0.25, -0.2) is 13.2 Å². The topological polar surface area (TPSA) is 29.5 Å². The van der Waals surface area contributed by atoms with Crippen LogP contribution in [0.3, 0.4) is 0 Å². The highest BCUT2D eigenvalue weighted by Crippen LogP contribution is 2.29. The fourth-order valence-electron chi connectivity index (χ4n) is 2.83. The van der Waals surface area contributed by atoms with Crippen molar-refractivity contribution in [2.45, 2.75) is 31.6 Å². The van der Waals surface area contributed by atoms with Gasteiger partial charge >= 0.3 is 5.97 Å². The van der Waals surface area contributed by atoms with E-state index in [4.69, 9.17) is 0 Å². The van der Waals surface area contributed by atoms with Crippen molar-refractivity contribution in [3.05, 3.63) is 35.1 Å². The SMILES string of the molecule is COC(=O)Cc1ccc(C2CCN(CC(F)F)CC2)cc1F. The van der Waals surface area contributed by atoms with Gasteiger partial charge in [-0.3, -0.25) is 9.69 Å². The van der Waals surface area contributed by atoms with Crippen molar-refractivity contribution in [3.8, 4) is 0 Å².